The Hall–Kier alpha value is -1.63. The van der Waals surface area contributed by atoms with Gasteiger partial charge >= 0.3 is 0 Å². The molecule has 0 spiro atoms. The minimum atomic E-state index is 0.153. The number of hydrogen-bond donors (Lipinski definition) is 2. The number of guanidine groups is 1. The third kappa shape index (κ3) is 5.92. The Morgan fingerprint density at radius 1 is 1.15 bits per heavy atom. The van der Waals surface area contributed by atoms with Crippen molar-refractivity contribution in [2.75, 3.05) is 53.5 Å². The molecule has 6 heteroatoms. The molecule has 0 bridgehead atoms. The van der Waals surface area contributed by atoms with Gasteiger partial charge in [0.05, 0.1) is 18.8 Å². The normalized spacial score (nSPS) is 27.4. The van der Waals surface area contributed by atoms with Gasteiger partial charge in [0.2, 0.25) is 0 Å². The molecule has 1 aromatic carbocycles. The smallest absolute Gasteiger partial charge is 0.191 e. The lowest BCUT2D eigenvalue weighted by molar-refractivity contribution is -0.0267. The number of morpholine rings is 1. The molecule has 150 valence electrons. The van der Waals surface area contributed by atoms with Crippen LogP contribution < -0.4 is 10.6 Å². The number of benzene rings is 1. The first-order chi connectivity index (χ1) is 13.2. The van der Waals surface area contributed by atoms with E-state index in [1.54, 1.807) is 0 Å². The third-order valence-electron chi connectivity index (χ3n) is 5.45. The maximum atomic E-state index is 6.12. The monoisotopic (exact) mass is 374 g/mol. The van der Waals surface area contributed by atoms with Crippen LogP contribution in [-0.2, 0) is 9.47 Å². The predicted molar refractivity (Wildman–Crippen MR) is 109 cm³/mol. The zero-order valence-corrected chi connectivity index (χ0v) is 16.9. The fourth-order valence-corrected chi connectivity index (χ4v) is 3.83. The SMILES string of the molecule is CN=C(NCC1CN(C)CCO1)NCC1CCCOC1c1ccc(C)cc1. The third-order valence-corrected chi connectivity index (χ3v) is 5.45. The molecule has 2 aliphatic heterocycles. The van der Waals surface area contributed by atoms with Crippen molar-refractivity contribution in [2.24, 2.45) is 10.9 Å². The molecular formula is C21H34N4O2. The molecular weight excluding hydrogens is 340 g/mol. The van der Waals surface area contributed by atoms with Crippen LogP contribution in [0.4, 0.5) is 0 Å². The van der Waals surface area contributed by atoms with Crippen molar-refractivity contribution < 1.29 is 9.47 Å². The van der Waals surface area contributed by atoms with Gasteiger partial charge in [-0.15, -0.1) is 0 Å². The number of nitrogens with zero attached hydrogens (tertiary/aromatic N) is 2. The van der Waals surface area contributed by atoms with Gasteiger partial charge in [0.25, 0.3) is 0 Å². The summed E-state index contributed by atoms with van der Waals surface area (Å²) in [5.41, 5.74) is 2.55. The number of ether oxygens (including phenoxy) is 2. The Kier molecular flexibility index (Phi) is 7.50. The van der Waals surface area contributed by atoms with Crippen LogP contribution in [-0.4, -0.2) is 70.5 Å². The first-order valence-electron chi connectivity index (χ1n) is 10.1. The second-order valence-corrected chi connectivity index (χ2v) is 7.69. The molecule has 0 saturated carbocycles. The lowest BCUT2D eigenvalue weighted by Crippen LogP contribution is -2.49. The summed E-state index contributed by atoms with van der Waals surface area (Å²) in [5, 5.41) is 6.90. The number of likely N-dealkylation sites (N-methyl/N-ethyl adjacent to an activating group) is 1. The number of rotatable bonds is 5. The highest BCUT2D eigenvalue weighted by molar-refractivity contribution is 5.79. The molecule has 2 N–H and O–H groups in total. The van der Waals surface area contributed by atoms with Gasteiger partial charge in [-0.2, -0.15) is 0 Å². The standard InChI is InChI=1S/C21H34N4O2/c1-16-6-8-17(9-7-16)20-18(5-4-11-27-20)13-23-21(22-2)24-14-19-15-25(3)10-12-26-19/h6-9,18-20H,4-5,10-15H2,1-3H3,(H2,22,23,24). The lowest BCUT2D eigenvalue weighted by Gasteiger charge is -2.33. The molecule has 3 rings (SSSR count). The minimum absolute atomic E-state index is 0.153. The predicted octanol–water partition coefficient (Wildman–Crippen LogP) is 1.96. The van der Waals surface area contributed by atoms with E-state index in [2.05, 4.69) is 58.8 Å². The van der Waals surface area contributed by atoms with Crippen LogP contribution in [0.15, 0.2) is 29.3 Å². The van der Waals surface area contributed by atoms with E-state index >= 15 is 0 Å². The summed E-state index contributed by atoms with van der Waals surface area (Å²) in [6, 6.07) is 8.73. The van der Waals surface area contributed by atoms with Gasteiger partial charge in [-0.25, -0.2) is 0 Å². The van der Waals surface area contributed by atoms with Crippen LogP contribution in [0.5, 0.6) is 0 Å². The van der Waals surface area contributed by atoms with E-state index in [0.717, 1.165) is 51.8 Å². The van der Waals surface area contributed by atoms with Gasteiger partial charge in [-0.05, 0) is 32.4 Å². The average molecular weight is 375 g/mol. The quantitative estimate of drug-likeness (QED) is 0.610. The number of aryl methyl sites for hydroxylation is 1. The Balaban J connectivity index is 1.50. The summed E-state index contributed by atoms with van der Waals surface area (Å²) < 4.78 is 11.9. The Morgan fingerprint density at radius 3 is 2.67 bits per heavy atom. The van der Waals surface area contributed by atoms with E-state index in [4.69, 9.17) is 9.47 Å². The summed E-state index contributed by atoms with van der Waals surface area (Å²) in [4.78, 5) is 6.67. The van der Waals surface area contributed by atoms with Crippen LogP contribution >= 0.6 is 0 Å². The zero-order chi connectivity index (χ0) is 19.1. The summed E-state index contributed by atoms with van der Waals surface area (Å²) >= 11 is 0. The lowest BCUT2D eigenvalue weighted by atomic mass is 9.89. The fourth-order valence-electron chi connectivity index (χ4n) is 3.83. The maximum absolute atomic E-state index is 6.12. The highest BCUT2D eigenvalue weighted by Crippen LogP contribution is 2.33. The van der Waals surface area contributed by atoms with Crippen molar-refractivity contribution >= 4 is 5.96 Å². The van der Waals surface area contributed by atoms with Crippen molar-refractivity contribution in [2.45, 2.75) is 32.0 Å². The first kappa shape index (κ1) is 20.1. The molecule has 2 heterocycles. The Labute approximate surface area is 163 Å². The number of nitrogens with one attached hydrogen (secondary N) is 2. The fraction of sp³-hybridized carbons (Fsp3) is 0.667. The maximum Gasteiger partial charge on any atom is 0.191 e. The van der Waals surface area contributed by atoms with Crippen molar-refractivity contribution in [1.82, 2.24) is 15.5 Å². The topological polar surface area (TPSA) is 58.1 Å². The summed E-state index contributed by atoms with van der Waals surface area (Å²) in [5.74, 6) is 1.28. The second-order valence-electron chi connectivity index (χ2n) is 7.69. The van der Waals surface area contributed by atoms with E-state index in [9.17, 15) is 0 Å². The Morgan fingerprint density at radius 2 is 1.93 bits per heavy atom. The van der Waals surface area contributed by atoms with Crippen LogP contribution in [0.25, 0.3) is 0 Å². The van der Waals surface area contributed by atoms with E-state index in [1.165, 1.54) is 17.5 Å². The molecule has 2 fully saturated rings. The van der Waals surface area contributed by atoms with Gasteiger partial charge in [-0.1, -0.05) is 29.8 Å². The van der Waals surface area contributed by atoms with E-state index in [1.807, 2.05) is 7.05 Å². The van der Waals surface area contributed by atoms with Gasteiger partial charge in [0, 0.05) is 45.8 Å². The van der Waals surface area contributed by atoms with Crippen LogP contribution in [0.2, 0.25) is 0 Å². The molecule has 1 aromatic rings. The largest absolute Gasteiger partial charge is 0.374 e. The van der Waals surface area contributed by atoms with Crippen LogP contribution in [0.1, 0.15) is 30.1 Å². The van der Waals surface area contributed by atoms with E-state index in [-0.39, 0.29) is 12.2 Å². The molecule has 27 heavy (non-hydrogen) atoms. The molecule has 3 atom stereocenters. The molecule has 0 aromatic heterocycles. The van der Waals surface area contributed by atoms with Crippen molar-refractivity contribution in [3.8, 4) is 0 Å². The molecule has 0 radical (unpaired) electrons. The molecule has 0 aliphatic carbocycles. The Bertz CT molecular complexity index is 605. The summed E-state index contributed by atoms with van der Waals surface area (Å²) in [7, 11) is 3.95. The van der Waals surface area contributed by atoms with E-state index < -0.39 is 0 Å². The van der Waals surface area contributed by atoms with Gasteiger partial charge in [0.15, 0.2) is 5.96 Å². The second kappa shape index (κ2) is 10.1. The van der Waals surface area contributed by atoms with E-state index in [0.29, 0.717) is 5.92 Å². The molecule has 0 amide bonds. The highest BCUT2D eigenvalue weighted by atomic mass is 16.5. The number of aliphatic imine (C=N–C) groups is 1. The average Bonchev–Trinajstić information content (AvgIpc) is 2.69. The summed E-state index contributed by atoms with van der Waals surface area (Å²) in [6.07, 6.45) is 2.64. The van der Waals surface area contributed by atoms with Crippen LogP contribution in [0.3, 0.4) is 0 Å². The van der Waals surface area contributed by atoms with Crippen LogP contribution in [0, 0.1) is 12.8 Å². The summed E-state index contributed by atoms with van der Waals surface area (Å²) in [6.45, 7) is 7.34. The highest BCUT2D eigenvalue weighted by Gasteiger charge is 2.27. The minimum Gasteiger partial charge on any atom is -0.374 e. The zero-order valence-electron chi connectivity index (χ0n) is 16.9. The molecule has 2 aliphatic rings. The number of hydrogen-bond acceptors (Lipinski definition) is 4. The van der Waals surface area contributed by atoms with Gasteiger partial charge < -0.3 is 25.0 Å². The first-order valence-corrected chi connectivity index (χ1v) is 10.1. The molecule has 2 saturated heterocycles. The molecule has 3 unspecified atom stereocenters. The van der Waals surface area contributed by atoms with Crippen molar-refractivity contribution in [3.63, 3.8) is 0 Å². The van der Waals surface area contributed by atoms with Crippen molar-refractivity contribution in [1.29, 1.82) is 0 Å². The van der Waals surface area contributed by atoms with Gasteiger partial charge in [-0.3, -0.25) is 4.99 Å². The molecule has 6 nitrogen and oxygen atoms in total. The van der Waals surface area contributed by atoms with Crippen molar-refractivity contribution in [3.05, 3.63) is 35.4 Å². The van der Waals surface area contributed by atoms with Gasteiger partial charge in [0.1, 0.15) is 0 Å².